The van der Waals surface area contributed by atoms with Crippen molar-refractivity contribution in [3.05, 3.63) is 94.3 Å². The van der Waals surface area contributed by atoms with Gasteiger partial charge < -0.3 is 10.1 Å². The van der Waals surface area contributed by atoms with Crippen LogP contribution in [0.2, 0.25) is 5.02 Å². The monoisotopic (exact) mass is 491 g/mol. The number of rotatable bonds is 5. The second-order valence-electron chi connectivity index (χ2n) is 7.88. The molecule has 1 aliphatic heterocycles. The van der Waals surface area contributed by atoms with Gasteiger partial charge in [-0.25, -0.2) is 9.37 Å². The molecule has 8 heteroatoms. The molecule has 5 rings (SSSR count). The molecule has 0 fully saturated rings. The second-order valence-corrected chi connectivity index (χ2v) is 9.28. The molecule has 0 saturated carbocycles. The Balaban J connectivity index is 1.45. The van der Waals surface area contributed by atoms with Gasteiger partial charge in [0.2, 0.25) is 11.8 Å². The third-order valence-electron chi connectivity index (χ3n) is 5.27. The Morgan fingerprint density at radius 1 is 1.12 bits per heavy atom. The van der Waals surface area contributed by atoms with Gasteiger partial charge in [0.25, 0.3) is 0 Å². The average molecular weight is 492 g/mol. The molecule has 0 spiro atoms. The van der Waals surface area contributed by atoms with Gasteiger partial charge in [-0.2, -0.15) is 4.98 Å². The number of anilines is 1. The van der Waals surface area contributed by atoms with Gasteiger partial charge in [0.15, 0.2) is 5.82 Å². The van der Waals surface area contributed by atoms with Crippen LogP contribution < -0.4 is 10.1 Å². The maximum Gasteiger partial charge on any atom is 0.234 e. The van der Waals surface area contributed by atoms with Gasteiger partial charge in [0, 0.05) is 22.7 Å². The number of nitrogens with zero attached hydrogens (tertiary/aromatic N) is 2. The zero-order chi connectivity index (χ0) is 23.7. The minimum atomic E-state index is -0.338. The lowest BCUT2D eigenvalue weighted by Gasteiger charge is -2.22. The highest BCUT2D eigenvalue weighted by Gasteiger charge is 2.25. The molecule has 3 aromatic carbocycles. The fraction of sp³-hybridized carbons (Fsp3) is 0.115. The maximum atomic E-state index is 13.4. The summed E-state index contributed by atoms with van der Waals surface area (Å²) in [4.78, 5) is 21.9. The van der Waals surface area contributed by atoms with Gasteiger partial charge in [-0.1, -0.05) is 47.1 Å². The number of aryl methyl sites for hydroxylation is 1. The van der Waals surface area contributed by atoms with Crippen molar-refractivity contribution in [2.75, 3.05) is 11.1 Å². The van der Waals surface area contributed by atoms with E-state index in [0.29, 0.717) is 39.4 Å². The lowest BCUT2D eigenvalue weighted by atomic mass is 10.0. The molecule has 1 aliphatic rings. The normalized spacial score (nSPS) is 11.9. The molecule has 1 N–H and O–H groups in total. The van der Waals surface area contributed by atoms with Gasteiger partial charge in [-0.05, 0) is 61.0 Å². The summed E-state index contributed by atoms with van der Waals surface area (Å²) in [6.07, 6.45) is 0.592. The van der Waals surface area contributed by atoms with Crippen LogP contribution in [0.25, 0.3) is 11.4 Å². The van der Waals surface area contributed by atoms with Crippen LogP contribution in [0.4, 0.5) is 10.1 Å². The molecule has 4 aromatic rings. The fourth-order valence-corrected chi connectivity index (χ4v) is 4.68. The number of halogens is 2. The predicted molar refractivity (Wildman–Crippen MR) is 132 cm³/mol. The standard InChI is InChI=1S/C26H19ClFN3O2S/c1-15-5-10-22-17(11-15)12-21-25(33-22)30-24(16-6-8-19(28)9-7-16)31-26(21)34-14-23(32)29-20-4-2-3-18(27)13-20/h2-11,13H,12,14H2,1H3,(H,29,32). The van der Waals surface area contributed by atoms with Crippen molar-refractivity contribution in [2.45, 2.75) is 18.4 Å². The van der Waals surface area contributed by atoms with Crippen LogP contribution in [0.1, 0.15) is 16.7 Å². The summed E-state index contributed by atoms with van der Waals surface area (Å²) in [5, 5.41) is 4.05. The van der Waals surface area contributed by atoms with Gasteiger partial charge in [0.05, 0.1) is 11.3 Å². The molecule has 0 saturated heterocycles. The molecule has 34 heavy (non-hydrogen) atoms. The number of thioether (sulfide) groups is 1. The molecule has 0 aliphatic carbocycles. The van der Waals surface area contributed by atoms with Gasteiger partial charge in [-0.3, -0.25) is 4.79 Å². The minimum absolute atomic E-state index is 0.138. The zero-order valence-corrected chi connectivity index (χ0v) is 19.7. The maximum absolute atomic E-state index is 13.4. The van der Waals surface area contributed by atoms with E-state index in [2.05, 4.69) is 16.4 Å². The number of ether oxygens (including phenoxy) is 1. The summed E-state index contributed by atoms with van der Waals surface area (Å²) in [5.74, 6) is 1.22. The third kappa shape index (κ3) is 4.90. The Labute approximate surface area is 205 Å². The van der Waals surface area contributed by atoms with Crippen molar-refractivity contribution >= 4 is 35.0 Å². The summed E-state index contributed by atoms with van der Waals surface area (Å²) >= 11 is 7.31. The molecule has 0 unspecified atom stereocenters. The van der Waals surface area contributed by atoms with Crippen LogP contribution in [0.15, 0.2) is 71.8 Å². The lowest BCUT2D eigenvalue weighted by molar-refractivity contribution is -0.113. The van der Waals surface area contributed by atoms with Crippen molar-refractivity contribution in [1.82, 2.24) is 9.97 Å². The van der Waals surface area contributed by atoms with E-state index in [9.17, 15) is 9.18 Å². The van der Waals surface area contributed by atoms with Crippen LogP contribution in [-0.4, -0.2) is 21.6 Å². The van der Waals surface area contributed by atoms with Crippen molar-refractivity contribution in [2.24, 2.45) is 0 Å². The predicted octanol–water partition coefficient (Wildman–Crippen LogP) is 6.67. The summed E-state index contributed by atoms with van der Waals surface area (Å²) in [6, 6.07) is 19.0. The first-order chi connectivity index (χ1) is 16.4. The van der Waals surface area contributed by atoms with E-state index < -0.39 is 0 Å². The van der Waals surface area contributed by atoms with Crippen molar-refractivity contribution in [1.29, 1.82) is 0 Å². The summed E-state index contributed by atoms with van der Waals surface area (Å²) in [7, 11) is 0. The molecule has 2 heterocycles. The fourth-order valence-electron chi connectivity index (χ4n) is 3.66. The molecular formula is C26H19ClFN3O2S. The Kier molecular flexibility index (Phi) is 6.22. The Morgan fingerprint density at radius 2 is 1.94 bits per heavy atom. The summed E-state index contributed by atoms with van der Waals surface area (Å²) in [6.45, 7) is 2.03. The molecule has 1 aromatic heterocycles. The van der Waals surface area contributed by atoms with E-state index >= 15 is 0 Å². The van der Waals surface area contributed by atoms with E-state index in [4.69, 9.17) is 21.3 Å². The minimum Gasteiger partial charge on any atom is -0.438 e. The lowest BCUT2D eigenvalue weighted by Crippen LogP contribution is -2.15. The van der Waals surface area contributed by atoms with Gasteiger partial charge in [-0.15, -0.1) is 0 Å². The molecule has 0 radical (unpaired) electrons. The van der Waals surface area contributed by atoms with Crippen molar-refractivity contribution in [3.63, 3.8) is 0 Å². The molecule has 5 nitrogen and oxygen atoms in total. The largest absolute Gasteiger partial charge is 0.438 e. The van der Waals surface area contributed by atoms with E-state index in [-0.39, 0.29) is 17.5 Å². The number of carbonyl (C=O) groups excluding carboxylic acids is 1. The van der Waals surface area contributed by atoms with Crippen molar-refractivity contribution < 1.29 is 13.9 Å². The highest BCUT2D eigenvalue weighted by atomic mass is 35.5. The Bertz CT molecular complexity index is 1400. The molecule has 0 bridgehead atoms. The van der Waals surface area contributed by atoms with E-state index in [1.165, 1.54) is 23.9 Å². The molecule has 1 amide bonds. The zero-order valence-electron chi connectivity index (χ0n) is 18.1. The van der Waals surface area contributed by atoms with Crippen LogP contribution in [-0.2, 0) is 11.2 Å². The number of nitrogens with one attached hydrogen (secondary N) is 1. The van der Waals surface area contributed by atoms with Crippen LogP contribution in [0.5, 0.6) is 11.6 Å². The summed E-state index contributed by atoms with van der Waals surface area (Å²) < 4.78 is 19.6. The third-order valence-corrected chi connectivity index (χ3v) is 6.52. The second kappa shape index (κ2) is 9.44. The molecule has 0 atom stereocenters. The van der Waals surface area contributed by atoms with Gasteiger partial charge >= 0.3 is 0 Å². The number of aromatic nitrogens is 2. The van der Waals surface area contributed by atoms with E-state index in [1.54, 1.807) is 36.4 Å². The van der Waals surface area contributed by atoms with Gasteiger partial charge in [0.1, 0.15) is 16.6 Å². The average Bonchev–Trinajstić information content (AvgIpc) is 2.81. The number of fused-ring (bicyclic) bond motifs is 2. The first-order valence-corrected chi connectivity index (χ1v) is 11.9. The SMILES string of the molecule is Cc1ccc2c(c1)Cc1c(nc(-c3ccc(F)cc3)nc1SCC(=O)Nc1cccc(Cl)c1)O2. The Hall–Kier alpha value is -3.42. The molecule has 170 valence electrons. The number of amides is 1. The van der Waals surface area contributed by atoms with Crippen molar-refractivity contribution in [3.8, 4) is 23.0 Å². The number of carbonyl (C=O) groups is 1. The number of benzene rings is 3. The topological polar surface area (TPSA) is 64.1 Å². The number of hydrogen-bond donors (Lipinski definition) is 1. The highest BCUT2D eigenvalue weighted by molar-refractivity contribution is 8.00. The first kappa shape index (κ1) is 22.4. The molecular weight excluding hydrogens is 473 g/mol. The van der Waals surface area contributed by atoms with Crippen LogP contribution in [0.3, 0.4) is 0 Å². The summed E-state index contributed by atoms with van der Waals surface area (Å²) in [5.41, 5.74) is 4.28. The van der Waals surface area contributed by atoms with E-state index in [0.717, 1.165) is 22.4 Å². The van der Waals surface area contributed by atoms with Crippen LogP contribution >= 0.6 is 23.4 Å². The first-order valence-electron chi connectivity index (χ1n) is 10.6. The quantitative estimate of drug-likeness (QED) is 0.220. The Morgan fingerprint density at radius 3 is 2.74 bits per heavy atom. The van der Waals surface area contributed by atoms with E-state index in [1.807, 2.05) is 19.1 Å². The number of hydrogen-bond acceptors (Lipinski definition) is 5. The smallest absolute Gasteiger partial charge is 0.234 e. The van der Waals surface area contributed by atoms with Crippen LogP contribution in [0, 0.1) is 12.7 Å². The highest BCUT2D eigenvalue weighted by Crippen LogP contribution is 2.40.